The smallest absolute Gasteiger partial charge is 0.159 e. The predicted molar refractivity (Wildman–Crippen MR) is 83.0 cm³/mol. The molecule has 2 heteroatoms. The summed E-state index contributed by atoms with van der Waals surface area (Å²) in [5, 5.41) is 18.5. The third kappa shape index (κ3) is 14.1. The van der Waals surface area contributed by atoms with Crippen LogP contribution in [0, 0.1) is 11.8 Å². The van der Waals surface area contributed by atoms with Crippen molar-refractivity contribution in [2.45, 2.75) is 97.7 Å². The molecule has 0 aromatic heterocycles. The molecule has 0 heterocycles. The van der Waals surface area contributed by atoms with Gasteiger partial charge < -0.3 is 10.2 Å². The maximum atomic E-state index is 9.23. The lowest BCUT2D eigenvalue weighted by molar-refractivity contribution is -0.150. The SMILES string of the molecule is CCCC(C)CCCCCC(C)CCCC(C)(O)O. The van der Waals surface area contributed by atoms with Crippen molar-refractivity contribution in [2.75, 3.05) is 0 Å². The van der Waals surface area contributed by atoms with Crippen LogP contribution in [-0.2, 0) is 0 Å². The summed E-state index contributed by atoms with van der Waals surface area (Å²) < 4.78 is 0. The zero-order valence-electron chi connectivity index (χ0n) is 13.6. The maximum Gasteiger partial charge on any atom is 0.159 e. The molecule has 0 aliphatic rings. The van der Waals surface area contributed by atoms with Crippen LogP contribution in [0.2, 0.25) is 0 Å². The minimum absolute atomic E-state index is 0.492. The second-order valence-electron chi connectivity index (χ2n) is 6.75. The minimum atomic E-state index is -1.48. The van der Waals surface area contributed by atoms with Gasteiger partial charge in [0.15, 0.2) is 5.79 Å². The van der Waals surface area contributed by atoms with Gasteiger partial charge in [0, 0.05) is 6.42 Å². The van der Waals surface area contributed by atoms with Gasteiger partial charge in [-0.05, 0) is 25.2 Å². The van der Waals surface area contributed by atoms with Crippen LogP contribution in [0.1, 0.15) is 91.9 Å². The first-order valence-corrected chi connectivity index (χ1v) is 8.30. The molecule has 2 nitrogen and oxygen atoms in total. The Bertz CT molecular complexity index is 196. The van der Waals surface area contributed by atoms with Crippen molar-refractivity contribution < 1.29 is 10.2 Å². The van der Waals surface area contributed by atoms with Crippen molar-refractivity contribution in [1.82, 2.24) is 0 Å². The highest BCUT2D eigenvalue weighted by atomic mass is 16.5. The average Bonchev–Trinajstić information content (AvgIpc) is 2.27. The van der Waals surface area contributed by atoms with Crippen molar-refractivity contribution in [3.63, 3.8) is 0 Å². The van der Waals surface area contributed by atoms with E-state index in [2.05, 4.69) is 20.8 Å². The van der Waals surface area contributed by atoms with Crippen LogP contribution in [-0.4, -0.2) is 16.0 Å². The maximum absolute atomic E-state index is 9.23. The van der Waals surface area contributed by atoms with Gasteiger partial charge in [-0.15, -0.1) is 0 Å². The Kier molecular flexibility index (Phi) is 10.6. The van der Waals surface area contributed by atoms with E-state index in [4.69, 9.17) is 0 Å². The van der Waals surface area contributed by atoms with Crippen LogP contribution < -0.4 is 0 Å². The fourth-order valence-corrected chi connectivity index (χ4v) is 2.73. The monoisotopic (exact) mass is 272 g/mol. The minimum Gasteiger partial charge on any atom is -0.366 e. The summed E-state index contributed by atoms with van der Waals surface area (Å²) in [7, 11) is 0. The first-order chi connectivity index (χ1) is 8.85. The number of aliphatic hydroxyl groups is 2. The normalized spacial score (nSPS) is 15.5. The zero-order chi connectivity index (χ0) is 14.7. The van der Waals surface area contributed by atoms with Gasteiger partial charge in [0.2, 0.25) is 0 Å². The molecule has 0 radical (unpaired) electrons. The quantitative estimate of drug-likeness (QED) is 0.392. The summed E-state index contributed by atoms with van der Waals surface area (Å²) in [5.41, 5.74) is 0. The van der Waals surface area contributed by atoms with Crippen molar-refractivity contribution in [1.29, 1.82) is 0 Å². The summed E-state index contributed by atoms with van der Waals surface area (Å²) in [6.45, 7) is 8.38. The number of hydrogen-bond donors (Lipinski definition) is 2. The van der Waals surface area contributed by atoms with Gasteiger partial charge in [0.25, 0.3) is 0 Å². The van der Waals surface area contributed by atoms with E-state index >= 15 is 0 Å². The highest BCUT2D eigenvalue weighted by molar-refractivity contribution is 4.60. The summed E-state index contributed by atoms with van der Waals surface area (Å²) in [5.74, 6) is 0.138. The highest BCUT2D eigenvalue weighted by Gasteiger charge is 2.14. The van der Waals surface area contributed by atoms with E-state index in [1.165, 1.54) is 51.9 Å². The van der Waals surface area contributed by atoms with E-state index in [-0.39, 0.29) is 0 Å². The van der Waals surface area contributed by atoms with Crippen LogP contribution in [0.3, 0.4) is 0 Å². The summed E-state index contributed by atoms with van der Waals surface area (Å²) in [6.07, 6.45) is 11.9. The van der Waals surface area contributed by atoms with Gasteiger partial charge in [-0.2, -0.15) is 0 Å². The molecule has 0 aliphatic carbocycles. The van der Waals surface area contributed by atoms with Crippen LogP contribution >= 0.6 is 0 Å². The second-order valence-corrected chi connectivity index (χ2v) is 6.75. The number of hydrogen-bond acceptors (Lipinski definition) is 2. The van der Waals surface area contributed by atoms with E-state index in [9.17, 15) is 10.2 Å². The Morgan fingerprint density at radius 2 is 1.26 bits per heavy atom. The zero-order valence-corrected chi connectivity index (χ0v) is 13.6. The molecule has 0 fully saturated rings. The van der Waals surface area contributed by atoms with E-state index < -0.39 is 5.79 Å². The van der Waals surface area contributed by atoms with Gasteiger partial charge in [0.1, 0.15) is 0 Å². The average molecular weight is 272 g/mol. The van der Waals surface area contributed by atoms with E-state index in [0.717, 1.165) is 24.7 Å². The molecule has 0 aliphatic heterocycles. The van der Waals surface area contributed by atoms with Gasteiger partial charge in [-0.3, -0.25) is 0 Å². The fraction of sp³-hybridized carbons (Fsp3) is 1.00. The molecule has 116 valence electrons. The first kappa shape index (κ1) is 18.9. The lowest BCUT2D eigenvalue weighted by Crippen LogP contribution is -2.22. The molecule has 0 aromatic rings. The Labute approximate surface area is 120 Å². The molecule has 2 N–H and O–H groups in total. The Morgan fingerprint density at radius 1 is 0.789 bits per heavy atom. The molecular weight excluding hydrogens is 236 g/mol. The molecule has 0 saturated heterocycles. The fourth-order valence-electron chi connectivity index (χ4n) is 2.73. The standard InChI is InChI=1S/C17H36O2/c1-5-10-15(2)11-7-6-8-12-16(3)13-9-14-17(4,18)19/h15-16,18-19H,5-14H2,1-4H3. The largest absolute Gasteiger partial charge is 0.366 e. The van der Waals surface area contributed by atoms with Crippen LogP contribution in [0.15, 0.2) is 0 Å². The summed E-state index contributed by atoms with van der Waals surface area (Å²) in [6, 6.07) is 0. The third-order valence-corrected chi connectivity index (χ3v) is 4.02. The first-order valence-electron chi connectivity index (χ1n) is 8.30. The number of unbranched alkanes of at least 4 members (excludes halogenated alkanes) is 2. The van der Waals surface area contributed by atoms with Crippen molar-refractivity contribution in [2.24, 2.45) is 11.8 Å². The highest BCUT2D eigenvalue weighted by Crippen LogP contribution is 2.20. The topological polar surface area (TPSA) is 40.5 Å². The van der Waals surface area contributed by atoms with E-state index in [1.807, 2.05) is 0 Å². The van der Waals surface area contributed by atoms with Crippen molar-refractivity contribution in [3.8, 4) is 0 Å². The molecule has 0 saturated carbocycles. The van der Waals surface area contributed by atoms with Crippen LogP contribution in [0.5, 0.6) is 0 Å². The van der Waals surface area contributed by atoms with Gasteiger partial charge in [-0.25, -0.2) is 0 Å². The van der Waals surface area contributed by atoms with Gasteiger partial charge >= 0.3 is 0 Å². The third-order valence-electron chi connectivity index (χ3n) is 4.02. The molecule has 0 spiro atoms. The van der Waals surface area contributed by atoms with Crippen LogP contribution in [0.25, 0.3) is 0 Å². The molecule has 2 atom stereocenters. The second kappa shape index (κ2) is 10.7. The molecule has 0 bridgehead atoms. The van der Waals surface area contributed by atoms with E-state index in [1.54, 1.807) is 0 Å². The van der Waals surface area contributed by atoms with E-state index in [0.29, 0.717) is 6.42 Å². The Hall–Kier alpha value is -0.0800. The molecule has 0 amide bonds. The van der Waals surface area contributed by atoms with Crippen LogP contribution in [0.4, 0.5) is 0 Å². The van der Waals surface area contributed by atoms with Gasteiger partial charge in [0.05, 0.1) is 0 Å². The molecule has 0 rings (SSSR count). The lowest BCUT2D eigenvalue weighted by atomic mass is 9.94. The van der Waals surface area contributed by atoms with Gasteiger partial charge in [-0.1, -0.05) is 72.1 Å². The summed E-state index contributed by atoms with van der Waals surface area (Å²) >= 11 is 0. The summed E-state index contributed by atoms with van der Waals surface area (Å²) in [4.78, 5) is 0. The Morgan fingerprint density at radius 3 is 1.74 bits per heavy atom. The van der Waals surface area contributed by atoms with Crippen molar-refractivity contribution >= 4 is 0 Å². The Balaban J connectivity index is 3.36. The lowest BCUT2D eigenvalue weighted by Gasteiger charge is -2.17. The van der Waals surface area contributed by atoms with Crippen molar-refractivity contribution in [3.05, 3.63) is 0 Å². The predicted octanol–water partition coefficient (Wildman–Crippen LogP) is 4.88. The molecule has 2 unspecified atom stereocenters. The number of rotatable bonds is 12. The molecule has 0 aromatic carbocycles. The molecular formula is C17H36O2. The molecule has 19 heavy (non-hydrogen) atoms.